The van der Waals surface area contributed by atoms with Crippen molar-refractivity contribution < 1.29 is 14.3 Å². The monoisotopic (exact) mass is 417 g/mol. The number of carbonyl (C=O) groups is 2. The van der Waals surface area contributed by atoms with E-state index in [0.717, 1.165) is 27.5 Å². The van der Waals surface area contributed by atoms with Crippen molar-refractivity contribution >= 4 is 28.7 Å². The second kappa shape index (κ2) is 10.1. The molecule has 2 heterocycles. The molecule has 0 spiro atoms. The zero-order valence-electron chi connectivity index (χ0n) is 17.3. The van der Waals surface area contributed by atoms with Crippen LogP contribution < -0.4 is 16.0 Å². The summed E-state index contributed by atoms with van der Waals surface area (Å²) >= 11 is 0. The number of hydrogen-bond acceptors (Lipinski definition) is 5. The van der Waals surface area contributed by atoms with Crippen molar-refractivity contribution in [2.45, 2.75) is 26.5 Å². The Kier molecular flexibility index (Phi) is 7.01. The van der Waals surface area contributed by atoms with Crippen LogP contribution in [0.1, 0.15) is 19.4 Å². The highest BCUT2D eigenvalue weighted by Crippen LogP contribution is 2.31. The number of carbonyl (C=O) groups excluding carboxylic acids is 2. The van der Waals surface area contributed by atoms with Crippen molar-refractivity contribution in [3.05, 3.63) is 54.5 Å². The molecule has 0 radical (unpaired) electrons. The second-order valence-corrected chi connectivity index (χ2v) is 6.68. The zero-order valence-corrected chi connectivity index (χ0v) is 17.3. The fraction of sp³-hybridized carbons (Fsp3) is 0.217. The van der Waals surface area contributed by atoms with Gasteiger partial charge in [0.1, 0.15) is 5.82 Å². The Bertz CT molecular complexity index is 1130. The smallest absolute Gasteiger partial charge is 0.408 e. The summed E-state index contributed by atoms with van der Waals surface area (Å²) in [5.74, 6) is 2.76. The van der Waals surface area contributed by atoms with Crippen LogP contribution in [-0.4, -0.2) is 34.7 Å². The van der Waals surface area contributed by atoms with Crippen LogP contribution in [0.25, 0.3) is 21.9 Å². The van der Waals surface area contributed by atoms with E-state index in [-0.39, 0.29) is 12.6 Å². The van der Waals surface area contributed by atoms with Crippen LogP contribution in [0, 0.1) is 12.3 Å². The standard InChI is InChI=1S/C23H23N5O3/c1-4-15(3)31-23(30)27-13-17-6-7-18(16-8-10-24-11-9-16)19-12-21(26-14-20(17)19)28-22(29)25-5-2/h1,6-12,14-15H,5,13H2,2-3H3,(H,27,30)(H2,25,26,28,29). The summed E-state index contributed by atoms with van der Waals surface area (Å²) in [6.07, 6.45) is 9.13. The first-order valence-electron chi connectivity index (χ1n) is 9.79. The average Bonchev–Trinajstić information content (AvgIpc) is 2.78. The van der Waals surface area contributed by atoms with Crippen molar-refractivity contribution in [2.24, 2.45) is 0 Å². The van der Waals surface area contributed by atoms with E-state index in [1.807, 2.05) is 37.3 Å². The fourth-order valence-electron chi connectivity index (χ4n) is 3.03. The Morgan fingerprint density at radius 1 is 1.16 bits per heavy atom. The largest absolute Gasteiger partial charge is 0.433 e. The fourth-order valence-corrected chi connectivity index (χ4v) is 3.03. The molecular weight excluding hydrogens is 394 g/mol. The molecule has 158 valence electrons. The molecule has 3 rings (SSSR count). The minimum atomic E-state index is -0.615. The predicted molar refractivity (Wildman–Crippen MR) is 119 cm³/mol. The molecule has 0 saturated carbocycles. The highest BCUT2D eigenvalue weighted by molar-refractivity contribution is 6.00. The Balaban J connectivity index is 1.96. The van der Waals surface area contributed by atoms with Crippen LogP contribution >= 0.6 is 0 Å². The summed E-state index contributed by atoms with van der Waals surface area (Å²) in [7, 11) is 0. The lowest BCUT2D eigenvalue weighted by Gasteiger charge is -2.14. The van der Waals surface area contributed by atoms with Gasteiger partial charge in [0.25, 0.3) is 0 Å². The van der Waals surface area contributed by atoms with Crippen LogP contribution in [0.4, 0.5) is 15.4 Å². The van der Waals surface area contributed by atoms with Crippen LogP contribution in [0.2, 0.25) is 0 Å². The number of ether oxygens (including phenoxy) is 1. The van der Waals surface area contributed by atoms with E-state index in [1.165, 1.54) is 0 Å². The third-order valence-corrected chi connectivity index (χ3v) is 4.50. The first-order valence-corrected chi connectivity index (χ1v) is 9.79. The van der Waals surface area contributed by atoms with E-state index in [2.05, 4.69) is 31.8 Å². The van der Waals surface area contributed by atoms with E-state index in [9.17, 15) is 9.59 Å². The minimum Gasteiger partial charge on any atom is -0.433 e. The van der Waals surface area contributed by atoms with E-state index < -0.39 is 12.2 Å². The predicted octanol–water partition coefficient (Wildman–Crippen LogP) is 3.69. The SMILES string of the molecule is C#CC(C)OC(=O)NCc1ccc(-c2ccncc2)c2cc(NC(=O)NCC)ncc12. The number of anilines is 1. The van der Waals surface area contributed by atoms with Crippen molar-refractivity contribution in [3.63, 3.8) is 0 Å². The summed E-state index contributed by atoms with van der Waals surface area (Å²) in [4.78, 5) is 32.3. The van der Waals surface area contributed by atoms with Crippen LogP contribution in [-0.2, 0) is 11.3 Å². The summed E-state index contributed by atoms with van der Waals surface area (Å²) in [6.45, 7) is 4.19. The maximum atomic E-state index is 11.9. The van der Waals surface area contributed by atoms with Gasteiger partial charge in [-0.1, -0.05) is 18.1 Å². The van der Waals surface area contributed by atoms with Crippen LogP contribution in [0.15, 0.2) is 48.9 Å². The quantitative estimate of drug-likeness (QED) is 0.531. The Morgan fingerprint density at radius 2 is 1.94 bits per heavy atom. The van der Waals surface area contributed by atoms with Gasteiger partial charge in [-0.2, -0.15) is 0 Å². The van der Waals surface area contributed by atoms with Gasteiger partial charge in [0.15, 0.2) is 6.10 Å². The van der Waals surface area contributed by atoms with Crippen molar-refractivity contribution in [2.75, 3.05) is 11.9 Å². The lowest BCUT2D eigenvalue weighted by atomic mass is 9.96. The number of urea groups is 1. The molecule has 0 aliphatic heterocycles. The Labute approximate surface area is 180 Å². The van der Waals surface area contributed by atoms with Gasteiger partial charge in [0, 0.05) is 37.1 Å². The molecule has 3 amide bonds. The molecule has 3 aromatic rings. The number of aromatic nitrogens is 2. The number of benzene rings is 1. The van der Waals surface area contributed by atoms with E-state index in [0.29, 0.717) is 12.4 Å². The highest BCUT2D eigenvalue weighted by Gasteiger charge is 2.13. The zero-order chi connectivity index (χ0) is 22.2. The number of amides is 3. The van der Waals surface area contributed by atoms with E-state index in [1.54, 1.807) is 25.5 Å². The number of rotatable bonds is 6. The molecule has 1 atom stereocenters. The summed E-state index contributed by atoms with van der Waals surface area (Å²) < 4.78 is 5.05. The number of alkyl carbamates (subject to hydrolysis) is 1. The van der Waals surface area contributed by atoms with Gasteiger partial charge in [-0.15, -0.1) is 6.42 Å². The maximum Gasteiger partial charge on any atom is 0.408 e. The molecule has 8 heteroatoms. The molecule has 0 saturated heterocycles. The van der Waals surface area contributed by atoms with Gasteiger partial charge in [0.05, 0.1) is 0 Å². The number of nitrogens with zero attached hydrogens (tertiary/aromatic N) is 2. The van der Waals surface area contributed by atoms with Gasteiger partial charge >= 0.3 is 12.1 Å². The van der Waals surface area contributed by atoms with Gasteiger partial charge in [-0.25, -0.2) is 14.6 Å². The summed E-state index contributed by atoms with van der Waals surface area (Å²) in [5, 5.41) is 9.82. The van der Waals surface area contributed by atoms with Crippen LogP contribution in [0.5, 0.6) is 0 Å². The van der Waals surface area contributed by atoms with Gasteiger partial charge in [-0.3, -0.25) is 10.3 Å². The Morgan fingerprint density at radius 3 is 2.65 bits per heavy atom. The molecule has 0 aliphatic carbocycles. The molecule has 3 N–H and O–H groups in total. The average molecular weight is 417 g/mol. The Hall–Kier alpha value is -4.12. The third-order valence-electron chi connectivity index (χ3n) is 4.50. The number of nitrogens with one attached hydrogen (secondary N) is 3. The minimum absolute atomic E-state index is 0.230. The normalized spacial score (nSPS) is 11.3. The van der Waals surface area contributed by atoms with Gasteiger partial charge in [0.2, 0.25) is 0 Å². The number of fused-ring (bicyclic) bond motifs is 1. The maximum absolute atomic E-state index is 11.9. The summed E-state index contributed by atoms with van der Waals surface area (Å²) in [6, 6.07) is 9.16. The molecular formula is C23H23N5O3. The van der Waals surface area contributed by atoms with E-state index in [4.69, 9.17) is 11.2 Å². The summed E-state index contributed by atoms with van der Waals surface area (Å²) in [5.41, 5.74) is 2.76. The third kappa shape index (κ3) is 5.48. The molecule has 1 aromatic carbocycles. The molecule has 31 heavy (non-hydrogen) atoms. The first kappa shape index (κ1) is 21.6. The van der Waals surface area contributed by atoms with Gasteiger partial charge in [-0.05, 0) is 54.1 Å². The molecule has 2 aromatic heterocycles. The lowest BCUT2D eigenvalue weighted by molar-refractivity contribution is 0.130. The second-order valence-electron chi connectivity index (χ2n) is 6.68. The van der Waals surface area contributed by atoms with Crippen LogP contribution in [0.3, 0.4) is 0 Å². The number of hydrogen-bond donors (Lipinski definition) is 3. The first-order chi connectivity index (χ1) is 15.0. The van der Waals surface area contributed by atoms with Crippen molar-refractivity contribution in [3.8, 4) is 23.5 Å². The lowest BCUT2D eigenvalue weighted by Crippen LogP contribution is -2.28. The van der Waals surface area contributed by atoms with Crippen molar-refractivity contribution in [1.82, 2.24) is 20.6 Å². The number of terminal acetylenes is 1. The topological polar surface area (TPSA) is 105 Å². The van der Waals surface area contributed by atoms with Crippen molar-refractivity contribution in [1.29, 1.82) is 0 Å². The van der Waals surface area contributed by atoms with Gasteiger partial charge < -0.3 is 15.4 Å². The highest BCUT2D eigenvalue weighted by atomic mass is 16.6. The molecule has 1 unspecified atom stereocenters. The molecule has 0 bridgehead atoms. The molecule has 0 fully saturated rings. The molecule has 8 nitrogen and oxygen atoms in total. The van der Waals surface area contributed by atoms with E-state index >= 15 is 0 Å². The number of pyridine rings is 2. The molecule has 0 aliphatic rings.